The number of ether oxygens (including phenoxy) is 1. The van der Waals surface area contributed by atoms with Gasteiger partial charge in [-0.2, -0.15) is 5.10 Å². The average molecular weight is 197 g/mol. The van der Waals surface area contributed by atoms with Crippen molar-refractivity contribution in [1.82, 2.24) is 14.8 Å². The minimum absolute atomic E-state index is 0.244. The molecule has 0 aromatic carbocycles. The largest absolute Gasteiger partial charge is 0.385 e. The Morgan fingerprint density at radius 2 is 2.50 bits per heavy atom. The van der Waals surface area contributed by atoms with Crippen molar-refractivity contribution in [2.24, 2.45) is 0 Å². The van der Waals surface area contributed by atoms with Crippen molar-refractivity contribution in [3.63, 3.8) is 0 Å². The van der Waals surface area contributed by atoms with Crippen molar-refractivity contribution in [2.75, 3.05) is 0 Å². The summed E-state index contributed by atoms with van der Waals surface area (Å²) in [5, 5.41) is 23.5. The molecular weight excluding hydrogens is 186 g/mol. The van der Waals surface area contributed by atoms with Gasteiger partial charge in [0.2, 0.25) is 0 Å². The zero-order valence-corrected chi connectivity index (χ0v) is 7.66. The van der Waals surface area contributed by atoms with Gasteiger partial charge in [0.15, 0.2) is 6.23 Å². The second kappa shape index (κ2) is 2.33. The summed E-state index contributed by atoms with van der Waals surface area (Å²) in [4.78, 5) is 3.94. The number of aliphatic hydroxyl groups is 2. The summed E-state index contributed by atoms with van der Waals surface area (Å²) in [7, 11) is 0. The van der Waals surface area contributed by atoms with Gasteiger partial charge < -0.3 is 14.9 Å². The fraction of sp³-hybridized carbons (Fsp3) is 0.750. The van der Waals surface area contributed by atoms with Crippen LogP contribution in [0.5, 0.6) is 0 Å². The molecule has 2 aliphatic rings. The molecular formula is C8H11N3O3. The van der Waals surface area contributed by atoms with Crippen molar-refractivity contribution in [1.29, 1.82) is 0 Å². The summed E-state index contributed by atoms with van der Waals surface area (Å²) in [5.41, 5.74) is -1.05. The Hall–Kier alpha value is -0.980. The highest BCUT2D eigenvalue weighted by atomic mass is 16.6. The number of fused-ring (bicyclic) bond motifs is 1. The van der Waals surface area contributed by atoms with Crippen LogP contribution in [-0.2, 0) is 4.74 Å². The minimum Gasteiger partial charge on any atom is -0.385 e. The fourth-order valence-corrected chi connectivity index (χ4v) is 1.90. The van der Waals surface area contributed by atoms with Crippen molar-refractivity contribution >= 4 is 0 Å². The summed E-state index contributed by atoms with van der Waals surface area (Å²) in [6.45, 7) is 1.76. The molecule has 0 amide bonds. The third kappa shape index (κ3) is 0.902. The van der Waals surface area contributed by atoms with Gasteiger partial charge in [-0.05, 0) is 6.92 Å². The molecule has 3 rings (SSSR count). The third-order valence-corrected chi connectivity index (χ3v) is 2.88. The number of rotatable bonds is 1. The highest BCUT2D eigenvalue weighted by molar-refractivity contribution is 5.16. The predicted molar refractivity (Wildman–Crippen MR) is 44.2 cm³/mol. The second-order valence-corrected chi connectivity index (χ2v) is 3.93. The Bertz CT molecular complexity index is 380. The molecule has 2 heterocycles. The van der Waals surface area contributed by atoms with Crippen LogP contribution in [0, 0.1) is 6.92 Å². The van der Waals surface area contributed by atoms with E-state index < -0.39 is 17.9 Å². The molecule has 6 nitrogen and oxygen atoms in total. The van der Waals surface area contributed by atoms with E-state index in [0.29, 0.717) is 12.2 Å². The molecule has 1 aromatic rings. The topological polar surface area (TPSA) is 80.4 Å². The number of aryl methyl sites for hydroxylation is 1. The van der Waals surface area contributed by atoms with Crippen molar-refractivity contribution in [2.45, 2.75) is 37.4 Å². The number of nitrogens with zero attached hydrogens (tertiary/aromatic N) is 3. The number of hydrogen-bond acceptors (Lipinski definition) is 5. The Labute approximate surface area is 80.1 Å². The highest BCUT2D eigenvalue weighted by Crippen LogP contribution is 2.52. The summed E-state index contributed by atoms with van der Waals surface area (Å²) < 4.78 is 6.86. The first-order valence-electron chi connectivity index (χ1n) is 4.55. The molecule has 14 heavy (non-hydrogen) atoms. The van der Waals surface area contributed by atoms with Crippen LogP contribution in [0.4, 0.5) is 0 Å². The van der Waals surface area contributed by atoms with E-state index in [1.165, 1.54) is 11.0 Å². The molecule has 2 fully saturated rings. The quantitative estimate of drug-likeness (QED) is 0.602. The van der Waals surface area contributed by atoms with Gasteiger partial charge in [-0.3, -0.25) is 0 Å². The Morgan fingerprint density at radius 1 is 1.71 bits per heavy atom. The standard InChI is InChI=1S/C8H11N3O3/c1-4-9-3-11(10-4)7-6(12)8(13)2-5(8)14-7/h3,5-7,12-13H,2H2,1H3/t5-,6+,7-,8-/m1/s1. The van der Waals surface area contributed by atoms with Crippen LogP contribution in [0.1, 0.15) is 18.5 Å². The molecule has 1 aromatic heterocycles. The molecule has 0 bridgehead atoms. The van der Waals surface area contributed by atoms with Crippen LogP contribution < -0.4 is 0 Å². The van der Waals surface area contributed by atoms with Crippen LogP contribution in [0.25, 0.3) is 0 Å². The number of aliphatic hydroxyl groups excluding tert-OH is 1. The van der Waals surface area contributed by atoms with Gasteiger partial charge in [-0.1, -0.05) is 0 Å². The van der Waals surface area contributed by atoms with Crippen molar-refractivity contribution in [3.05, 3.63) is 12.2 Å². The SMILES string of the molecule is Cc1ncn([C@@H]2O[C@@H]3C[C@]3(O)[C@H]2O)n1. The maximum atomic E-state index is 9.76. The third-order valence-electron chi connectivity index (χ3n) is 2.88. The zero-order chi connectivity index (χ0) is 9.92. The van der Waals surface area contributed by atoms with E-state index in [1.54, 1.807) is 6.92 Å². The van der Waals surface area contributed by atoms with E-state index in [-0.39, 0.29) is 6.10 Å². The Kier molecular flexibility index (Phi) is 1.39. The maximum Gasteiger partial charge on any atom is 0.181 e. The van der Waals surface area contributed by atoms with E-state index in [2.05, 4.69) is 10.1 Å². The zero-order valence-electron chi connectivity index (χ0n) is 7.66. The summed E-state index contributed by atoms with van der Waals surface area (Å²) >= 11 is 0. The molecule has 0 radical (unpaired) electrons. The summed E-state index contributed by atoms with van der Waals surface area (Å²) in [6, 6.07) is 0. The maximum absolute atomic E-state index is 9.76. The molecule has 4 atom stereocenters. The second-order valence-electron chi connectivity index (χ2n) is 3.93. The number of aromatic nitrogens is 3. The lowest BCUT2D eigenvalue weighted by molar-refractivity contribution is -0.0699. The fourth-order valence-electron chi connectivity index (χ4n) is 1.90. The Balaban J connectivity index is 1.88. The van der Waals surface area contributed by atoms with E-state index in [4.69, 9.17) is 4.74 Å². The lowest BCUT2D eigenvalue weighted by Gasteiger charge is -2.18. The smallest absolute Gasteiger partial charge is 0.181 e. The molecule has 76 valence electrons. The van der Waals surface area contributed by atoms with Gasteiger partial charge in [0.25, 0.3) is 0 Å². The van der Waals surface area contributed by atoms with E-state index in [9.17, 15) is 10.2 Å². The van der Waals surface area contributed by atoms with E-state index >= 15 is 0 Å². The first-order chi connectivity index (χ1) is 6.61. The molecule has 6 heteroatoms. The lowest BCUT2D eigenvalue weighted by atomic mass is 10.2. The van der Waals surface area contributed by atoms with Crippen LogP contribution in [-0.4, -0.2) is 42.8 Å². The van der Waals surface area contributed by atoms with Crippen molar-refractivity contribution in [3.8, 4) is 0 Å². The number of hydrogen-bond donors (Lipinski definition) is 2. The molecule has 1 aliphatic heterocycles. The predicted octanol–water partition coefficient (Wildman–Crippen LogP) is -1.02. The molecule has 1 saturated carbocycles. The lowest BCUT2D eigenvalue weighted by Crippen LogP contribution is -2.33. The molecule has 1 saturated heterocycles. The van der Waals surface area contributed by atoms with Gasteiger partial charge in [-0.15, -0.1) is 0 Å². The van der Waals surface area contributed by atoms with Gasteiger partial charge >= 0.3 is 0 Å². The van der Waals surface area contributed by atoms with Gasteiger partial charge in [0.1, 0.15) is 23.9 Å². The van der Waals surface area contributed by atoms with Crippen LogP contribution in [0.2, 0.25) is 0 Å². The van der Waals surface area contributed by atoms with E-state index in [1.807, 2.05) is 0 Å². The van der Waals surface area contributed by atoms with Crippen LogP contribution in [0.15, 0.2) is 6.33 Å². The van der Waals surface area contributed by atoms with Crippen LogP contribution in [0.3, 0.4) is 0 Å². The van der Waals surface area contributed by atoms with Gasteiger partial charge in [-0.25, -0.2) is 9.67 Å². The Morgan fingerprint density at radius 3 is 3.00 bits per heavy atom. The molecule has 0 spiro atoms. The van der Waals surface area contributed by atoms with Gasteiger partial charge in [0.05, 0.1) is 6.10 Å². The molecule has 1 aliphatic carbocycles. The first-order valence-corrected chi connectivity index (χ1v) is 4.55. The molecule has 0 unspecified atom stereocenters. The van der Waals surface area contributed by atoms with Crippen LogP contribution >= 0.6 is 0 Å². The normalized spacial score (nSPS) is 45.2. The highest BCUT2D eigenvalue weighted by Gasteiger charge is 2.68. The summed E-state index contributed by atoms with van der Waals surface area (Å²) in [5.74, 6) is 0.619. The first kappa shape index (κ1) is 8.34. The van der Waals surface area contributed by atoms with Crippen molar-refractivity contribution < 1.29 is 14.9 Å². The monoisotopic (exact) mass is 197 g/mol. The molecule has 2 N–H and O–H groups in total. The van der Waals surface area contributed by atoms with Gasteiger partial charge in [0, 0.05) is 6.42 Å². The van der Waals surface area contributed by atoms with E-state index in [0.717, 1.165) is 0 Å². The average Bonchev–Trinajstić information content (AvgIpc) is 2.51. The minimum atomic E-state index is -1.05. The summed E-state index contributed by atoms with van der Waals surface area (Å²) in [6.07, 6.45) is 0.260.